The molecule has 0 fully saturated rings. The molecule has 3 aromatic rings. The molecule has 6 heteroatoms. The molecule has 2 N–H and O–H groups in total. The van der Waals surface area contributed by atoms with Gasteiger partial charge in [-0.1, -0.05) is 30.3 Å². The molecule has 0 aliphatic carbocycles. The molecular weight excluding hydrogens is 280 g/mol. The minimum atomic E-state index is -1.03. The van der Waals surface area contributed by atoms with Crippen LogP contribution in [0.15, 0.2) is 61.2 Å². The summed E-state index contributed by atoms with van der Waals surface area (Å²) < 4.78 is 0. The zero-order chi connectivity index (χ0) is 15.4. The molecule has 0 saturated carbocycles. The number of carboxylic acid groups (broad SMARTS) is 1. The lowest BCUT2D eigenvalue weighted by atomic mass is 10.1. The third-order valence-corrected chi connectivity index (χ3v) is 3.00. The number of nitrogens with one attached hydrogen (secondary N) is 1. The van der Waals surface area contributed by atoms with E-state index < -0.39 is 5.97 Å². The molecule has 0 atom stereocenters. The first-order chi connectivity index (χ1) is 10.7. The van der Waals surface area contributed by atoms with Crippen LogP contribution in [0.4, 0.5) is 11.6 Å². The van der Waals surface area contributed by atoms with Crippen LogP contribution in [-0.2, 0) is 0 Å². The minimum absolute atomic E-state index is 0.103. The Kier molecular flexibility index (Phi) is 3.74. The summed E-state index contributed by atoms with van der Waals surface area (Å²) in [5.74, 6) is -0.652. The van der Waals surface area contributed by atoms with Gasteiger partial charge < -0.3 is 10.4 Å². The number of pyridine rings is 1. The molecule has 0 spiro atoms. The van der Waals surface area contributed by atoms with Crippen molar-refractivity contribution in [3.63, 3.8) is 0 Å². The van der Waals surface area contributed by atoms with Gasteiger partial charge in [-0.15, -0.1) is 0 Å². The van der Waals surface area contributed by atoms with E-state index in [0.717, 1.165) is 11.1 Å². The lowest BCUT2D eigenvalue weighted by Gasteiger charge is -2.06. The first-order valence-electron chi connectivity index (χ1n) is 6.55. The van der Waals surface area contributed by atoms with Gasteiger partial charge in [-0.2, -0.15) is 0 Å². The van der Waals surface area contributed by atoms with Gasteiger partial charge in [0.1, 0.15) is 0 Å². The predicted molar refractivity (Wildman–Crippen MR) is 81.9 cm³/mol. The molecule has 0 aliphatic heterocycles. The zero-order valence-corrected chi connectivity index (χ0v) is 11.5. The van der Waals surface area contributed by atoms with Crippen LogP contribution in [0.2, 0.25) is 0 Å². The highest BCUT2D eigenvalue weighted by Crippen LogP contribution is 2.19. The van der Waals surface area contributed by atoms with Crippen molar-refractivity contribution in [2.24, 2.45) is 0 Å². The second kappa shape index (κ2) is 6.01. The zero-order valence-electron chi connectivity index (χ0n) is 11.5. The Labute approximate surface area is 126 Å². The molecule has 0 bridgehead atoms. The SMILES string of the molecule is O=C(O)c1cncc(Nc2ncc(-c3ccccc3)cn2)c1. The highest BCUT2D eigenvalue weighted by atomic mass is 16.4. The molecule has 6 nitrogen and oxygen atoms in total. The van der Waals surface area contributed by atoms with Gasteiger partial charge in [0.25, 0.3) is 0 Å². The van der Waals surface area contributed by atoms with Crippen molar-refractivity contribution in [3.05, 3.63) is 66.7 Å². The first-order valence-corrected chi connectivity index (χ1v) is 6.55. The van der Waals surface area contributed by atoms with E-state index in [9.17, 15) is 4.79 Å². The maximum absolute atomic E-state index is 10.9. The number of aromatic nitrogens is 3. The van der Waals surface area contributed by atoms with Crippen molar-refractivity contribution in [3.8, 4) is 11.1 Å². The molecule has 0 saturated heterocycles. The molecule has 1 aromatic carbocycles. The van der Waals surface area contributed by atoms with Crippen LogP contribution in [0.1, 0.15) is 10.4 Å². The van der Waals surface area contributed by atoms with Crippen LogP contribution in [0, 0.1) is 0 Å². The minimum Gasteiger partial charge on any atom is -0.478 e. The maximum atomic E-state index is 10.9. The Bertz CT molecular complexity index is 789. The molecule has 2 aromatic heterocycles. The van der Waals surface area contributed by atoms with Crippen LogP contribution in [0.5, 0.6) is 0 Å². The van der Waals surface area contributed by atoms with Gasteiger partial charge in [0, 0.05) is 24.2 Å². The van der Waals surface area contributed by atoms with Gasteiger partial charge in [-0.25, -0.2) is 14.8 Å². The largest absolute Gasteiger partial charge is 0.478 e. The van der Waals surface area contributed by atoms with Crippen molar-refractivity contribution >= 4 is 17.6 Å². The average molecular weight is 292 g/mol. The number of hydrogen-bond acceptors (Lipinski definition) is 5. The van der Waals surface area contributed by atoms with Gasteiger partial charge in [0.15, 0.2) is 0 Å². The summed E-state index contributed by atoms with van der Waals surface area (Å²) in [4.78, 5) is 23.2. The van der Waals surface area contributed by atoms with E-state index in [1.807, 2.05) is 30.3 Å². The van der Waals surface area contributed by atoms with Gasteiger partial charge in [-0.05, 0) is 11.6 Å². The lowest BCUT2D eigenvalue weighted by Crippen LogP contribution is -2.01. The number of benzene rings is 1. The number of carbonyl (C=O) groups is 1. The maximum Gasteiger partial charge on any atom is 0.337 e. The number of anilines is 2. The summed E-state index contributed by atoms with van der Waals surface area (Å²) in [6, 6.07) is 11.3. The van der Waals surface area contributed by atoms with Crippen LogP contribution in [0.25, 0.3) is 11.1 Å². The average Bonchev–Trinajstić information content (AvgIpc) is 2.56. The van der Waals surface area contributed by atoms with Gasteiger partial charge in [-0.3, -0.25) is 4.98 Å². The Morgan fingerprint density at radius 2 is 1.68 bits per heavy atom. The number of hydrogen-bond donors (Lipinski definition) is 2. The standard InChI is InChI=1S/C16H12N4O2/c21-15(22)12-6-14(10-17-7-12)20-16-18-8-13(9-19-16)11-4-2-1-3-5-11/h1-10H,(H,21,22)(H,18,19,20). The quantitative estimate of drug-likeness (QED) is 0.768. The molecule has 0 unspecified atom stereocenters. The molecule has 3 rings (SSSR count). The topological polar surface area (TPSA) is 88.0 Å². The van der Waals surface area contributed by atoms with E-state index in [0.29, 0.717) is 11.6 Å². The first kappa shape index (κ1) is 13.7. The fourth-order valence-corrected chi connectivity index (χ4v) is 1.93. The summed E-state index contributed by atoms with van der Waals surface area (Å²) >= 11 is 0. The van der Waals surface area contributed by atoms with Crippen LogP contribution in [-0.4, -0.2) is 26.0 Å². The summed E-state index contributed by atoms with van der Waals surface area (Å²) in [5, 5.41) is 11.9. The molecule has 0 radical (unpaired) electrons. The van der Waals surface area contributed by atoms with E-state index in [1.54, 1.807) is 12.4 Å². The molecule has 22 heavy (non-hydrogen) atoms. The highest BCUT2D eigenvalue weighted by Gasteiger charge is 2.05. The Balaban J connectivity index is 1.79. The third-order valence-electron chi connectivity index (χ3n) is 3.00. The second-order valence-electron chi connectivity index (χ2n) is 4.55. The van der Waals surface area contributed by atoms with Crippen molar-refractivity contribution in [1.29, 1.82) is 0 Å². The van der Waals surface area contributed by atoms with E-state index in [4.69, 9.17) is 5.11 Å². The normalized spacial score (nSPS) is 10.2. The molecule has 0 aliphatic rings. The van der Waals surface area contributed by atoms with Crippen molar-refractivity contribution in [1.82, 2.24) is 15.0 Å². The second-order valence-corrected chi connectivity index (χ2v) is 4.55. The van der Waals surface area contributed by atoms with Crippen molar-refractivity contribution in [2.75, 3.05) is 5.32 Å². The smallest absolute Gasteiger partial charge is 0.337 e. The number of rotatable bonds is 4. The molecule has 2 heterocycles. The fourth-order valence-electron chi connectivity index (χ4n) is 1.93. The van der Waals surface area contributed by atoms with Gasteiger partial charge >= 0.3 is 5.97 Å². The summed E-state index contributed by atoms with van der Waals surface area (Å²) in [7, 11) is 0. The van der Waals surface area contributed by atoms with E-state index in [2.05, 4.69) is 20.3 Å². The Morgan fingerprint density at radius 3 is 2.36 bits per heavy atom. The summed E-state index contributed by atoms with van der Waals surface area (Å²) in [6.07, 6.45) is 6.21. The monoisotopic (exact) mass is 292 g/mol. The van der Waals surface area contributed by atoms with Crippen LogP contribution >= 0.6 is 0 Å². The Morgan fingerprint density at radius 1 is 0.955 bits per heavy atom. The number of aromatic carboxylic acids is 1. The predicted octanol–water partition coefficient (Wildman–Crippen LogP) is 2.98. The van der Waals surface area contributed by atoms with Crippen molar-refractivity contribution < 1.29 is 9.90 Å². The highest BCUT2D eigenvalue weighted by molar-refractivity contribution is 5.88. The summed E-state index contributed by atoms with van der Waals surface area (Å²) in [5.41, 5.74) is 2.56. The molecule has 108 valence electrons. The third kappa shape index (κ3) is 3.06. The van der Waals surface area contributed by atoms with Crippen LogP contribution < -0.4 is 5.32 Å². The fraction of sp³-hybridized carbons (Fsp3) is 0. The van der Waals surface area contributed by atoms with E-state index in [-0.39, 0.29) is 5.56 Å². The lowest BCUT2D eigenvalue weighted by molar-refractivity contribution is 0.0696. The van der Waals surface area contributed by atoms with Crippen LogP contribution in [0.3, 0.4) is 0 Å². The van der Waals surface area contributed by atoms with E-state index in [1.165, 1.54) is 18.5 Å². The van der Waals surface area contributed by atoms with Crippen molar-refractivity contribution in [2.45, 2.75) is 0 Å². The number of carboxylic acids is 1. The van der Waals surface area contributed by atoms with Gasteiger partial charge in [0.05, 0.1) is 17.4 Å². The van der Waals surface area contributed by atoms with Gasteiger partial charge in [0.2, 0.25) is 5.95 Å². The molecule has 0 amide bonds. The number of nitrogens with zero attached hydrogens (tertiary/aromatic N) is 3. The molecular formula is C16H12N4O2. The van der Waals surface area contributed by atoms with E-state index >= 15 is 0 Å². The summed E-state index contributed by atoms with van der Waals surface area (Å²) in [6.45, 7) is 0. The Hall–Kier alpha value is -3.28.